The average Bonchev–Trinajstić information content (AvgIpc) is 2.32. The van der Waals surface area contributed by atoms with E-state index in [1.807, 2.05) is 13.8 Å². The summed E-state index contributed by atoms with van der Waals surface area (Å²) in [6.07, 6.45) is 0.346. The topological polar surface area (TPSA) is 139 Å². The maximum atomic E-state index is 11.9. The van der Waals surface area contributed by atoms with E-state index in [-0.39, 0.29) is 18.8 Å². The molecule has 0 rings (SSSR count). The van der Waals surface area contributed by atoms with E-state index in [9.17, 15) is 19.2 Å². The lowest BCUT2D eigenvalue weighted by atomic mass is 10.0. The minimum Gasteiger partial charge on any atom is -0.481 e. The van der Waals surface area contributed by atoms with Gasteiger partial charge in [0, 0.05) is 6.42 Å². The molecular formula is C12H21N3O5. The van der Waals surface area contributed by atoms with Gasteiger partial charge in [-0.25, -0.2) is 0 Å². The van der Waals surface area contributed by atoms with Crippen molar-refractivity contribution in [3.8, 4) is 0 Å². The number of aliphatic carboxylic acids is 1. The molecule has 0 saturated carbocycles. The second-order valence-corrected chi connectivity index (χ2v) is 4.86. The van der Waals surface area contributed by atoms with Crippen LogP contribution in [0.15, 0.2) is 0 Å². The van der Waals surface area contributed by atoms with Crippen LogP contribution in [0.3, 0.4) is 0 Å². The highest BCUT2D eigenvalue weighted by Gasteiger charge is 2.24. The zero-order valence-electron chi connectivity index (χ0n) is 11.6. The number of nitrogens with two attached hydrogens (primary N) is 1. The maximum absolute atomic E-state index is 11.9. The van der Waals surface area contributed by atoms with Gasteiger partial charge in [0.15, 0.2) is 0 Å². The first kappa shape index (κ1) is 17.9. The smallest absolute Gasteiger partial charge is 0.303 e. The summed E-state index contributed by atoms with van der Waals surface area (Å²) in [5.74, 6) is -2.23. The Labute approximate surface area is 117 Å². The number of carboxylic acids is 1. The number of primary amides is 1. The lowest BCUT2D eigenvalue weighted by molar-refractivity contribution is -0.137. The molecule has 3 amide bonds. The van der Waals surface area contributed by atoms with Crippen LogP contribution in [0.1, 0.15) is 33.1 Å². The van der Waals surface area contributed by atoms with Gasteiger partial charge in [0.05, 0.1) is 0 Å². The van der Waals surface area contributed by atoms with Crippen molar-refractivity contribution in [2.45, 2.75) is 45.2 Å². The summed E-state index contributed by atoms with van der Waals surface area (Å²) in [5.41, 5.74) is 5.19. The van der Waals surface area contributed by atoms with E-state index in [0.29, 0.717) is 12.8 Å². The monoisotopic (exact) mass is 287 g/mol. The van der Waals surface area contributed by atoms with Crippen LogP contribution in [0.4, 0.5) is 0 Å². The van der Waals surface area contributed by atoms with Crippen molar-refractivity contribution in [3.63, 3.8) is 0 Å². The van der Waals surface area contributed by atoms with Crippen molar-refractivity contribution in [2.75, 3.05) is 0 Å². The Morgan fingerprint density at radius 3 is 2.25 bits per heavy atom. The van der Waals surface area contributed by atoms with Crippen LogP contribution >= 0.6 is 0 Å². The van der Waals surface area contributed by atoms with E-state index in [1.165, 1.54) is 0 Å². The first-order valence-corrected chi connectivity index (χ1v) is 6.29. The van der Waals surface area contributed by atoms with Gasteiger partial charge in [-0.1, -0.05) is 13.8 Å². The predicted octanol–water partition coefficient (Wildman–Crippen LogP) is -1.02. The molecule has 0 fully saturated rings. The van der Waals surface area contributed by atoms with E-state index in [1.54, 1.807) is 0 Å². The second kappa shape index (κ2) is 8.89. The zero-order valence-corrected chi connectivity index (χ0v) is 11.6. The van der Waals surface area contributed by atoms with Gasteiger partial charge in [-0.15, -0.1) is 0 Å². The fourth-order valence-corrected chi connectivity index (χ4v) is 1.63. The lowest BCUT2D eigenvalue weighted by Gasteiger charge is -2.21. The van der Waals surface area contributed by atoms with Gasteiger partial charge in [-0.3, -0.25) is 19.2 Å². The molecule has 8 heteroatoms. The molecule has 0 aromatic carbocycles. The minimum atomic E-state index is -1.08. The van der Waals surface area contributed by atoms with Gasteiger partial charge in [-0.05, 0) is 18.8 Å². The molecule has 0 aromatic rings. The summed E-state index contributed by atoms with van der Waals surface area (Å²) in [6.45, 7) is 3.74. The van der Waals surface area contributed by atoms with Crippen molar-refractivity contribution < 1.29 is 24.3 Å². The van der Waals surface area contributed by atoms with Crippen molar-refractivity contribution in [2.24, 2.45) is 11.7 Å². The Bertz CT molecular complexity index is 370. The Kier molecular flexibility index (Phi) is 7.95. The molecule has 0 unspecified atom stereocenters. The molecule has 0 radical (unpaired) electrons. The van der Waals surface area contributed by atoms with E-state index in [0.717, 1.165) is 0 Å². The Morgan fingerprint density at radius 2 is 1.85 bits per heavy atom. The highest BCUT2D eigenvalue weighted by Crippen LogP contribution is 2.05. The Hall–Kier alpha value is -2.12. The molecule has 5 N–H and O–H groups in total. The van der Waals surface area contributed by atoms with Crippen molar-refractivity contribution in [1.29, 1.82) is 0 Å². The third-order valence-corrected chi connectivity index (χ3v) is 2.60. The van der Waals surface area contributed by atoms with Crippen LogP contribution < -0.4 is 16.4 Å². The molecule has 0 bridgehead atoms. The van der Waals surface area contributed by atoms with E-state index < -0.39 is 29.9 Å². The van der Waals surface area contributed by atoms with Crippen LogP contribution in [-0.2, 0) is 19.2 Å². The highest BCUT2D eigenvalue weighted by molar-refractivity contribution is 5.90. The summed E-state index contributed by atoms with van der Waals surface area (Å²) in [5, 5.41) is 13.2. The van der Waals surface area contributed by atoms with Gasteiger partial charge in [0.2, 0.25) is 18.2 Å². The van der Waals surface area contributed by atoms with E-state index >= 15 is 0 Å². The number of hydrogen-bond donors (Lipinski definition) is 4. The number of rotatable bonds is 10. The number of amides is 3. The highest BCUT2D eigenvalue weighted by atomic mass is 16.4. The summed E-state index contributed by atoms with van der Waals surface area (Å²) in [7, 11) is 0. The van der Waals surface area contributed by atoms with E-state index in [2.05, 4.69) is 10.6 Å². The molecule has 0 aromatic heterocycles. The predicted molar refractivity (Wildman–Crippen MR) is 70.4 cm³/mol. The minimum absolute atomic E-state index is 0.0624. The molecule has 0 saturated heterocycles. The molecule has 114 valence electrons. The maximum Gasteiger partial charge on any atom is 0.303 e. The number of carbonyl (C=O) groups excluding carboxylic acids is 3. The van der Waals surface area contributed by atoms with Gasteiger partial charge in [0.25, 0.3) is 0 Å². The Balaban J connectivity index is 4.65. The SMILES string of the molecule is CC(C)C[C@@H](NC(=O)[C@@H](CCC(=O)O)NC=O)C(N)=O. The molecule has 0 aliphatic carbocycles. The third-order valence-electron chi connectivity index (χ3n) is 2.60. The largest absolute Gasteiger partial charge is 0.481 e. The summed E-state index contributed by atoms with van der Waals surface area (Å²) >= 11 is 0. The molecule has 0 spiro atoms. The first-order chi connectivity index (χ1) is 9.27. The molecule has 20 heavy (non-hydrogen) atoms. The number of hydrogen-bond acceptors (Lipinski definition) is 4. The normalized spacial score (nSPS) is 13.3. The Morgan fingerprint density at radius 1 is 1.25 bits per heavy atom. The quantitative estimate of drug-likeness (QED) is 0.381. The summed E-state index contributed by atoms with van der Waals surface area (Å²) < 4.78 is 0. The number of carbonyl (C=O) groups is 4. The molecule has 0 aliphatic rings. The van der Waals surface area contributed by atoms with Gasteiger partial charge >= 0.3 is 5.97 Å². The van der Waals surface area contributed by atoms with E-state index in [4.69, 9.17) is 10.8 Å². The summed E-state index contributed by atoms with van der Waals surface area (Å²) in [6, 6.07) is -1.85. The van der Waals surface area contributed by atoms with Crippen LogP contribution in [0.25, 0.3) is 0 Å². The fraction of sp³-hybridized carbons (Fsp3) is 0.667. The van der Waals surface area contributed by atoms with Crippen molar-refractivity contribution in [1.82, 2.24) is 10.6 Å². The molecule has 0 aliphatic heterocycles. The number of carboxylic acid groups (broad SMARTS) is 1. The number of nitrogens with one attached hydrogen (secondary N) is 2. The van der Waals surface area contributed by atoms with Gasteiger partial charge < -0.3 is 21.5 Å². The van der Waals surface area contributed by atoms with Gasteiger partial charge in [0.1, 0.15) is 12.1 Å². The van der Waals surface area contributed by atoms with Crippen LogP contribution in [-0.4, -0.2) is 41.4 Å². The molecule has 8 nitrogen and oxygen atoms in total. The zero-order chi connectivity index (χ0) is 15.7. The average molecular weight is 287 g/mol. The lowest BCUT2D eigenvalue weighted by Crippen LogP contribution is -2.52. The third kappa shape index (κ3) is 7.34. The van der Waals surface area contributed by atoms with Crippen LogP contribution in [0, 0.1) is 5.92 Å². The van der Waals surface area contributed by atoms with Crippen LogP contribution in [0.2, 0.25) is 0 Å². The standard InChI is InChI=1S/C12H21N3O5/c1-7(2)5-9(11(13)19)15-12(20)8(14-6-16)3-4-10(17)18/h6-9H,3-5H2,1-2H3,(H2,13,19)(H,14,16)(H,15,20)(H,17,18)/t8-,9-/m1/s1. The van der Waals surface area contributed by atoms with Crippen molar-refractivity contribution in [3.05, 3.63) is 0 Å². The van der Waals surface area contributed by atoms with Crippen molar-refractivity contribution >= 4 is 24.2 Å². The second-order valence-electron chi connectivity index (χ2n) is 4.86. The molecular weight excluding hydrogens is 266 g/mol. The first-order valence-electron chi connectivity index (χ1n) is 6.29. The fourth-order valence-electron chi connectivity index (χ4n) is 1.63. The molecule has 0 heterocycles. The molecule has 2 atom stereocenters. The van der Waals surface area contributed by atoms with Crippen LogP contribution in [0.5, 0.6) is 0 Å². The van der Waals surface area contributed by atoms with Gasteiger partial charge in [-0.2, -0.15) is 0 Å². The summed E-state index contributed by atoms with van der Waals surface area (Å²) in [4.78, 5) is 44.1.